The third-order valence-electron chi connectivity index (χ3n) is 4.66. The van der Waals surface area contributed by atoms with Crippen molar-refractivity contribution in [2.45, 2.75) is 52.2 Å². The molecule has 0 aliphatic rings. The van der Waals surface area contributed by atoms with Crippen LogP contribution in [0, 0.1) is 13.8 Å². The fourth-order valence-corrected chi connectivity index (χ4v) is 4.35. The van der Waals surface area contributed by atoms with Gasteiger partial charge in [0.15, 0.2) is 5.16 Å². The number of aromatic nitrogens is 5. The summed E-state index contributed by atoms with van der Waals surface area (Å²) in [6.45, 7) is 8.52. The summed E-state index contributed by atoms with van der Waals surface area (Å²) < 4.78 is 1.85. The SMILES string of the molecule is CCc1nnc(NC(=O)CSc2nnc(CC(=O)Nc3cccc(C)c3C)n2CC)s1. The van der Waals surface area contributed by atoms with E-state index in [1.807, 2.05) is 50.5 Å². The summed E-state index contributed by atoms with van der Waals surface area (Å²) in [5.74, 6) is 0.370. The highest BCUT2D eigenvalue weighted by atomic mass is 32.2. The molecule has 0 spiro atoms. The Labute approximate surface area is 189 Å². The number of nitrogens with one attached hydrogen (secondary N) is 2. The first-order valence-corrected chi connectivity index (χ1v) is 11.7. The molecule has 11 heteroatoms. The lowest BCUT2D eigenvalue weighted by atomic mass is 10.1. The van der Waals surface area contributed by atoms with Crippen LogP contribution in [0.2, 0.25) is 0 Å². The van der Waals surface area contributed by atoms with Crippen LogP contribution in [0.4, 0.5) is 10.8 Å². The van der Waals surface area contributed by atoms with E-state index >= 15 is 0 Å². The van der Waals surface area contributed by atoms with Crippen LogP contribution in [0.1, 0.15) is 35.8 Å². The average Bonchev–Trinajstić information content (AvgIpc) is 3.36. The van der Waals surface area contributed by atoms with Gasteiger partial charge in [0.25, 0.3) is 0 Å². The molecule has 0 saturated carbocycles. The van der Waals surface area contributed by atoms with Gasteiger partial charge in [-0.2, -0.15) is 0 Å². The first kappa shape index (κ1) is 22.9. The molecule has 2 aromatic heterocycles. The monoisotopic (exact) mass is 459 g/mol. The van der Waals surface area contributed by atoms with Gasteiger partial charge in [0, 0.05) is 12.2 Å². The molecule has 0 saturated heterocycles. The minimum Gasteiger partial charge on any atom is -0.325 e. The summed E-state index contributed by atoms with van der Waals surface area (Å²) in [4.78, 5) is 24.8. The molecule has 9 nitrogen and oxygen atoms in total. The van der Waals surface area contributed by atoms with Crippen molar-refractivity contribution < 1.29 is 9.59 Å². The van der Waals surface area contributed by atoms with Crippen molar-refractivity contribution in [3.05, 3.63) is 40.2 Å². The number of benzene rings is 1. The van der Waals surface area contributed by atoms with E-state index in [0.717, 1.165) is 28.2 Å². The van der Waals surface area contributed by atoms with E-state index in [0.29, 0.717) is 22.7 Å². The summed E-state index contributed by atoms with van der Waals surface area (Å²) in [5, 5.41) is 23.9. The average molecular weight is 460 g/mol. The van der Waals surface area contributed by atoms with Crippen molar-refractivity contribution >= 4 is 45.7 Å². The number of hydrogen-bond donors (Lipinski definition) is 2. The highest BCUT2D eigenvalue weighted by Gasteiger charge is 2.17. The van der Waals surface area contributed by atoms with Crippen molar-refractivity contribution in [1.29, 1.82) is 0 Å². The van der Waals surface area contributed by atoms with Crippen molar-refractivity contribution in [2.75, 3.05) is 16.4 Å². The third-order valence-corrected chi connectivity index (χ3v) is 6.60. The first-order chi connectivity index (χ1) is 14.9. The summed E-state index contributed by atoms with van der Waals surface area (Å²) in [6, 6.07) is 5.80. The second kappa shape index (κ2) is 10.5. The van der Waals surface area contributed by atoms with E-state index < -0.39 is 0 Å². The molecular weight excluding hydrogens is 434 g/mol. The van der Waals surface area contributed by atoms with Gasteiger partial charge in [-0.15, -0.1) is 20.4 Å². The minimum absolute atomic E-state index is 0.103. The second-order valence-corrected chi connectivity index (χ2v) is 8.81. The predicted molar refractivity (Wildman–Crippen MR) is 123 cm³/mol. The zero-order chi connectivity index (χ0) is 22.4. The lowest BCUT2D eigenvalue weighted by Gasteiger charge is -2.11. The topological polar surface area (TPSA) is 115 Å². The molecule has 2 N–H and O–H groups in total. The third kappa shape index (κ3) is 5.88. The molecule has 3 aromatic rings. The van der Waals surface area contributed by atoms with Gasteiger partial charge < -0.3 is 9.88 Å². The number of carbonyl (C=O) groups is 2. The number of amides is 2. The van der Waals surface area contributed by atoms with Gasteiger partial charge >= 0.3 is 0 Å². The maximum absolute atomic E-state index is 12.5. The minimum atomic E-state index is -0.191. The molecule has 0 aliphatic carbocycles. The van der Waals surface area contributed by atoms with Gasteiger partial charge in [-0.3, -0.25) is 14.9 Å². The molecule has 0 unspecified atom stereocenters. The number of rotatable bonds is 9. The highest BCUT2D eigenvalue weighted by Crippen LogP contribution is 2.21. The normalized spacial score (nSPS) is 10.8. The van der Waals surface area contributed by atoms with E-state index in [9.17, 15) is 9.59 Å². The van der Waals surface area contributed by atoms with Gasteiger partial charge in [-0.25, -0.2) is 0 Å². The number of hydrogen-bond acceptors (Lipinski definition) is 8. The van der Waals surface area contributed by atoms with Gasteiger partial charge in [0.05, 0.1) is 12.2 Å². The molecule has 0 atom stereocenters. The van der Waals surface area contributed by atoms with Crippen LogP contribution >= 0.6 is 23.1 Å². The molecule has 0 bridgehead atoms. The molecule has 2 amide bonds. The molecule has 0 radical (unpaired) electrons. The fourth-order valence-electron chi connectivity index (χ4n) is 2.83. The van der Waals surface area contributed by atoms with Crippen molar-refractivity contribution in [1.82, 2.24) is 25.0 Å². The number of carbonyl (C=O) groups excluding carboxylic acids is 2. The van der Waals surface area contributed by atoms with E-state index in [1.165, 1.54) is 23.1 Å². The van der Waals surface area contributed by atoms with Crippen molar-refractivity contribution in [3.8, 4) is 0 Å². The molecule has 1 aromatic carbocycles. The Morgan fingerprint density at radius 3 is 2.58 bits per heavy atom. The molecule has 31 heavy (non-hydrogen) atoms. The standard InChI is InChI=1S/C20H25N7O2S2/c1-5-18-24-25-19(31-18)22-17(29)11-30-20-26-23-15(27(20)6-2)10-16(28)21-14-9-7-8-12(3)13(14)4/h7-9H,5-6,10-11H2,1-4H3,(H,21,28)(H,22,25,29). The van der Waals surface area contributed by atoms with Gasteiger partial charge in [0.1, 0.15) is 10.8 Å². The maximum atomic E-state index is 12.5. The Bertz CT molecular complexity index is 1080. The van der Waals surface area contributed by atoms with Crippen LogP contribution in [0.25, 0.3) is 0 Å². The van der Waals surface area contributed by atoms with Crippen LogP contribution < -0.4 is 10.6 Å². The molecule has 164 valence electrons. The largest absolute Gasteiger partial charge is 0.325 e. The Hall–Kier alpha value is -2.79. The highest BCUT2D eigenvalue weighted by molar-refractivity contribution is 7.99. The smallest absolute Gasteiger partial charge is 0.236 e. The van der Waals surface area contributed by atoms with Gasteiger partial charge in [0.2, 0.25) is 16.9 Å². The molecular formula is C20H25N7O2S2. The lowest BCUT2D eigenvalue weighted by molar-refractivity contribution is -0.116. The quantitative estimate of drug-likeness (QED) is 0.472. The van der Waals surface area contributed by atoms with Gasteiger partial charge in [-0.05, 0) is 44.4 Å². The van der Waals surface area contributed by atoms with Crippen LogP contribution in [0.3, 0.4) is 0 Å². The van der Waals surface area contributed by atoms with Crippen LogP contribution in [-0.4, -0.2) is 42.5 Å². The van der Waals surface area contributed by atoms with Crippen molar-refractivity contribution in [3.63, 3.8) is 0 Å². The first-order valence-electron chi connectivity index (χ1n) is 9.94. The van der Waals surface area contributed by atoms with Crippen LogP contribution in [0.5, 0.6) is 0 Å². The Morgan fingerprint density at radius 2 is 1.87 bits per heavy atom. The number of anilines is 2. The summed E-state index contributed by atoms with van der Waals surface area (Å²) in [5.41, 5.74) is 2.95. The maximum Gasteiger partial charge on any atom is 0.236 e. The number of thioether (sulfide) groups is 1. The van der Waals surface area contributed by atoms with Crippen molar-refractivity contribution in [2.24, 2.45) is 0 Å². The Morgan fingerprint density at radius 1 is 1.06 bits per heavy atom. The van der Waals surface area contributed by atoms with Gasteiger partial charge in [-0.1, -0.05) is 42.2 Å². The Kier molecular flexibility index (Phi) is 7.75. The molecule has 0 fully saturated rings. The lowest BCUT2D eigenvalue weighted by Crippen LogP contribution is -2.18. The second-order valence-electron chi connectivity index (χ2n) is 6.81. The van der Waals surface area contributed by atoms with Crippen LogP contribution in [0.15, 0.2) is 23.4 Å². The number of nitrogens with zero attached hydrogens (tertiary/aromatic N) is 5. The van der Waals surface area contributed by atoms with E-state index in [-0.39, 0.29) is 24.0 Å². The molecule has 2 heterocycles. The van der Waals surface area contributed by atoms with E-state index in [1.54, 1.807) is 0 Å². The summed E-state index contributed by atoms with van der Waals surface area (Å²) in [7, 11) is 0. The summed E-state index contributed by atoms with van der Waals surface area (Å²) in [6.07, 6.45) is 0.882. The summed E-state index contributed by atoms with van der Waals surface area (Å²) >= 11 is 2.63. The zero-order valence-electron chi connectivity index (χ0n) is 17.9. The molecule has 0 aliphatic heterocycles. The Balaban J connectivity index is 1.58. The van der Waals surface area contributed by atoms with E-state index in [2.05, 4.69) is 31.0 Å². The zero-order valence-corrected chi connectivity index (χ0v) is 19.6. The van der Waals surface area contributed by atoms with E-state index in [4.69, 9.17) is 0 Å². The number of aryl methyl sites for hydroxylation is 2. The predicted octanol–water partition coefficient (Wildman–Crippen LogP) is 3.24. The fraction of sp³-hybridized carbons (Fsp3) is 0.400. The molecule has 3 rings (SSSR count). The van der Waals surface area contributed by atoms with Crippen LogP contribution in [-0.2, 0) is 29.0 Å².